The van der Waals surface area contributed by atoms with E-state index in [9.17, 15) is 13.2 Å². The van der Waals surface area contributed by atoms with Gasteiger partial charge in [0.1, 0.15) is 17.3 Å². The first-order valence-electron chi connectivity index (χ1n) is 10.9. The van der Waals surface area contributed by atoms with Gasteiger partial charge in [-0.1, -0.05) is 60.7 Å². The second kappa shape index (κ2) is 10.3. The molecule has 0 aliphatic heterocycles. The molecule has 0 saturated heterocycles. The van der Waals surface area contributed by atoms with Crippen LogP contribution in [0, 0.1) is 0 Å². The highest BCUT2D eigenvalue weighted by atomic mass is 32.2. The van der Waals surface area contributed by atoms with Gasteiger partial charge in [0.2, 0.25) is 0 Å². The van der Waals surface area contributed by atoms with E-state index >= 15 is 0 Å². The lowest BCUT2D eigenvalue weighted by Crippen LogP contribution is -2.43. The third-order valence-corrected chi connectivity index (χ3v) is 6.52. The molecule has 3 aromatic carbocycles. The van der Waals surface area contributed by atoms with Gasteiger partial charge in [-0.15, -0.1) is 0 Å². The molecule has 0 spiro atoms. The summed E-state index contributed by atoms with van der Waals surface area (Å²) in [5.41, 5.74) is 2.15. The summed E-state index contributed by atoms with van der Waals surface area (Å²) in [7, 11) is -3.59. The van der Waals surface area contributed by atoms with Crippen molar-refractivity contribution < 1.29 is 17.9 Å². The molecule has 5 nitrogen and oxygen atoms in total. The maximum absolute atomic E-state index is 13.2. The van der Waals surface area contributed by atoms with E-state index in [1.165, 1.54) is 6.07 Å². The SMILES string of the molecule is CC(C)(C)N(CC(=O)c1ccc(OCc2ccccc2)c(S(C)(=O)=O)c1)Cc1ccccc1. The summed E-state index contributed by atoms with van der Waals surface area (Å²) in [6.45, 7) is 7.22. The Balaban J connectivity index is 1.82. The van der Waals surface area contributed by atoms with Crippen LogP contribution in [-0.2, 0) is 23.0 Å². The third-order valence-electron chi connectivity index (χ3n) is 5.40. The second-order valence-corrected chi connectivity index (χ2v) is 11.1. The number of sulfone groups is 1. The highest BCUT2D eigenvalue weighted by molar-refractivity contribution is 7.90. The van der Waals surface area contributed by atoms with Crippen molar-refractivity contribution in [1.29, 1.82) is 0 Å². The maximum atomic E-state index is 13.2. The summed E-state index contributed by atoms with van der Waals surface area (Å²) in [5, 5.41) is 0. The van der Waals surface area contributed by atoms with Crippen molar-refractivity contribution in [2.75, 3.05) is 12.8 Å². The largest absolute Gasteiger partial charge is 0.488 e. The molecule has 33 heavy (non-hydrogen) atoms. The topological polar surface area (TPSA) is 63.7 Å². The van der Waals surface area contributed by atoms with Crippen LogP contribution in [0.1, 0.15) is 42.3 Å². The minimum Gasteiger partial charge on any atom is -0.488 e. The maximum Gasteiger partial charge on any atom is 0.179 e. The molecule has 0 heterocycles. The first kappa shape index (κ1) is 24.7. The smallest absolute Gasteiger partial charge is 0.179 e. The number of nitrogens with zero attached hydrogens (tertiary/aromatic N) is 1. The van der Waals surface area contributed by atoms with Gasteiger partial charge < -0.3 is 4.74 Å². The summed E-state index contributed by atoms with van der Waals surface area (Å²) >= 11 is 0. The van der Waals surface area contributed by atoms with Crippen LogP contribution < -0.4 is 4.74 Å². The average molecular weight is 466 g/mol. The number of rotatable bonds is 9. The van der Waals surface area contributed by atoms with E-state index in [0.717, 1.165) is 17.4 Å². The molecule has 0 saturated carbocycles. The van der Waals surface area contributed by atoms with E-state index in [4.69, 9.17) is 4.74 Å². The highest BCUT2D eigenvalue weighted by Gasteiger charge is 2.25. The van der Waals surface area contributed by atoms with Gasteiger partial charge in [-0.3, -0.25) is 9.69 Å². The molecule has 0 atom stereocenters. The number of Topliss-reactive ketones (excluding diaryl/α,β-unsaturated/α-hetero) is 1. The Bertz CT molecular complexity index is 1180. The lowest BCUT2D eigenvalue weighted by atomic mass is 10.0. The summed E-state index contributed by atoms with van der Waals surface area (Å²) in [5.74, 6) is 0.107. The zero-order chi connectivity index (χ0) is 24.1. The Morgan fingerprint density at radius 1 is 0.879 bits per heavy atom. The van der Waals surface area contributed by atoms with Gasteiger partial charge >= 0.3 is 0 Å². The van der Waals surface area contributed by atoms with Crippen molar-refractivity contribution in [2.24, 2.45) is 0 Å². The van der Waals surface area contributed by atoms with E-state index in [-0.39, 0.29) is 35.1 Å². The third kappa shape index (κ3) is 7.01. The fourth-order valence-corrected chi connectivity index (χ4v) is 4.26. The van der Waals surface area contributed by atoms with Crippen molar-refractivity contribution in [3.05, 3.63) is 95.6 Å². The molecule has 0 amide bonds. The fourth-order valence-electron chi connectivity index (χ4n) is 3.42. The summed E-state index contributed by atoms with van der Waals surface area (Å²) in [6, 6.07) is 24.1. The van der Waals surface area contributed by atoms with Gasteiger partial charge in [0.05, 0.1) is 6.54 Å². The predicted octanol–water partition coefficient (Wildman–Crippen LogP) is 5.15. The van der Waals surface area contributed by atoms with E-state index in [2.05, 4.69) is 25.7 Å². The van der Waals surface area contributed by atoms with Crippen molar-refractivity contribution in [2.45, 2.75) is 44.4 Å². The molecule has 3 aromatic rings. The van der Waals surface area contributed by atoms with Crippen molar-refractivity contribution >= 4 is 15.6 Å². The normalized spacial score (nSPS) is 12.0. The molecule has 0 fully saturated rings. The molecule has 0 N–H and O–H groups in total. The summed E-state index contributed by atoms with van der Waals surface area (Å²) < 4.78 is 30.7. The van der Waals surface area contributed by atoms with Gasteiger partial charge in [-0.2, -0.15) is 0 Å². The van der Waals surface area contributed by atoms with E-state index in [1.54, 1.807) is 12.1 Å². The molecule has 0 bridgehead atoms. The molecular weight excluding hydrogens is 434 g/mol. The van der Waals surface area contributed by atoms with Gasteiger partial charge in [0, 0.05) is 23.9 Å². The van der Waals surface area contributed by atoms with E-state index in [1.807, 2.05) is 60.7 Å². The summed E-state index contributed by atoms with van der Waals surface area (Å²) in [4.78, 5) is 15.3. The van der Waals surface area contributed by atoms with Crippen LogP contribution in [0.3, 0.4) is 0 Å². The first-order chi connectivity index (χ1) is 15.5. The van der Waals surface area contributed by atoms with Gasteiger partial charge in [-0.25, -0.2) is 8.42 Å². The Morgan fingerprint density at radius 2 is 1.45 bits per heavy atom. The van der Waals surface area contributed by atoms with E-state index in [0.29, 0.717) is 12.1 Å². The number of carbonyl (C=O) groups is 1. The lowest BCUT2D eigenvalue weighted by Gasteiger charge is -2.35. The van der Waals surface area contributed by atoms with E-state index < -0.39 is 9.84 Å². The Hall–Kier alpha value is -2.96. The number of benzene rings is 3. The number of ether oxygens (including phenoxy) is 1. The fraction of sp³-hybridized carbons (Fsp3) is 0.296. The van der Waals surface area contributed by atoms with Crippen LogP contribution in [0.5, 0.6) is 5.75 Å². The molecule has 6 heteroatoms. The van der Waals surface area contributed by atoms with Gasteiger partial charge in [0.25, 0.3) is 0 Å². The number of hydrogen-bond acceptors (Lipinski definition) is 5. The quantitative estimate of drug-likeness (QED) is 0.409. The van der Waals surface area contributed by atoms with Crippen LogP contribution in [-0.4, -0.2) is 37.4 Å². The Labute approximate surface area is 196 Å². The average Bonchev–Trinajstić information content (AvgIpc) is 2.77. The summed E-state index contributed by atoms with van der Waals surface area (Å²) in [6.07, 6.45) is 1.13. The van der Waals surface area contributed by atoms with Gasteiger partial charge in [-0.05, 0) is 50.1 Å². The molecule has 0 aliphatic carbocycles. The van der Waals surface area contributed by atoms with Gasteiger partial charge in [0.15, 0.2) is 15.6 Å². The van der Waals surface area contributed by atoms with Crippen molar-refractivity contribution in [3.63, 3.8) is 0 Å². The molecule has 0 radical (unpaired) electrons. The van der Waals surface area contributed by atoms with Crippen molar-refractivity contribution in [3.8, 4) is 5.75 Å². The zero-order valence-electron chi connectivity index (χ0n) is 19.6. The number of hydrogen-bond donors (Lipinski definition) is 0. The molecule has 0 aliphatic rings. The molecule has 3 rings (SSSR count). The van der Waals surface area contributed by atoms with Crippen LogP contribution in [0.2, 0.25) is 0 Å². The van der Waals surface area contributed by atoms with Crippen LogP contribution in [0.4, 0.5) is 0 Å². The standard InChI is InChI=1S/C27H31NO4S/c1-27(2,3)28(18-21-11-7-5-8-12-21)19-24(29)23-15-16-25(26(17-23)33(4,30)31)32-20-22-13-9-6-10-14-22/h5-17H,18-20H2,1-4H3. The van der Waals surface area contributed by atoms with Crippen LogP contribution >= 0.6 is 0 Å². The Kier molecular flexibility index (Phi) is 7.72. The minimum absolute atomic E-state index is 0.0228. The second-order valence-electron chi connectivity index (χ2n) is 9.14. The van der Waals surface area contributed by atoms with Crippen LogP contribution in [0.25, 0.3) is 0 Å². The zero-order valence-corrected chi connectivity index (χ0v) is 20.4. The van der Waals surface area contributed by atoms with Crippen molar-refractivity contribution in [1.82, 2.24) is 4.90 Å². The molecule has 0 aromatic heterocycles. The molecular formula is C27H31NO4S. The molecule has 174 valence electrons. The number of carbonyl (C=O) groups excluding carboxylic acids is 1. The highest BCUT2D eigenvalue weighted by Crippen LogP contribution is 2.27. The Morgan fingerprint density at radius 3 is 2.00 bits per heavy atom. The monoisotopic (exact) mass is 465 g/mol. The first-order valence-corrected chi connectivity index (χ1v) is 12.8. The predicted molar refractivity (Wildman–Crippen MR) is 131 cm³/mol. The lowest BCUT2D eigenvalue weighted by molar-refractivity contribution is 0.0793. The molecule has 0 unspecified atom stereocenters. The van der Waals surface area contributed by atoms with Crippen LogP contribution in [0.15, 0.2) is 83.8 Å². The minimum atomic E-state index is -3.59. The number of ketones is 1.